The summed E-state index contributed by atoms with van der Waals surface area (Å²) in [5.74, 6) is 0.125. The van der Waals surface area contributed by atoms with Crippen LogP contribution in [0, 0.1) is 0 Å². The van der Waals surface area contributed by atoms with Crippen molar-refractivity contribution in [3.05, 3.63) is 88.5 Å². The molecule has 3 aromatic rings. The van der Waals surface area contributed by atoms with Gasteiger partial charge >= 0.3 is 0 Å². The first-order valence-electron chi connectivity index (χ1n) is 9.22. The molecule has 156 valence electrons. The van der Waals surface area contributed by atoms with Crippen LogP contribution in [0.15, 0.2) is 87.3 Å². The van der Waals surface area contributed by atoms with E-state index in [9.17, 15) is 13.2 Å². The Bertz CT molecular complexity index is 1120. The fourth-order valence-corrected chi connectivity index (χ4v) is 5.95. The van der Waals surface area contributed by atoms with E-state index in [0.717, 1.165) is 10.0 Å². The predicted octanol–water partition coefficient (Wildman–Crippen LogP) is 4.68. The number of thioether (sulfide) groups is 1. The van der Waals surface area contributed by atoms with Gasteiger partial charge < -0.3 is 4.90 Å². The summed E-state index contributed by atoms with van der Waals surface area (Å²) >= 11 is 4.72. The highest BCUT2D eigenvalue weighted by Gasteiger charge is 2.19. The van der Waals surface area contributed by atoms with Crippen LogP contribution in [0.4, 0.5) is 0 Å². The Morgan fingerprint density at radius 1 is 1.07 bits per heavy atom. The van der Waals surface area contributed by atoms with E-state index in [1.54, 1.807) is 60.6 Å². The number of pyridine rings is 1. The number of halogens is 1. The maximum Gasteiger partial charge on any atom is 0.256 e. The molecule has 30 heavy (non-hydrogen) atoms. The molecule has 0 unspecified atom stereocenters. The van der Waals surface area contributed by atoms with E-state index in [4.69, 9.17) is 0 Å². The third kappa shape index (κ3) is 5.93. The summed E-state index contributed by atoms with van der Waals surface area (Å²) in [5, 5.41) is 0.534. The van der Waals surface area contributed by atoms with Crippen LogP contribution >= 0.6 is 27.7 Å². The number of nitrogens with zero attached hydrogens (tertiary/aromatic N) is 2. The molecule has 0 aliphatic carbocycles. The third-order valence-corrected chi connectivity index (χ3v) is 7.84. The van der Waals surface area contributed by atoms with Gasteiger partial charge in [0, 0.05) is 30.0 Å². The van der Waals surface area contributed by atoms with E-state index in [0.29, 0.717) is 27.8 Å². The number of benzene rings is 2. The number of carbonyl (C=O) groups is 1. The number of carbonyl (C=O) groups excluding carboxylic acids is 1. The lowest BCUT2D eigenvalue weighted by Gasteiger charge is -2.19. The minimum Gasteiger partial charge on any atom is -0.337 e. The Hall–Kier alpha value is -2.16. The highest BCUT2D eigenvalue weighted by atomic mass is 79.9. The van der Waals surface area contributed by atoms with E-state index in [2.05, 4.69) is 20.9 Å². The number of aromatic nitrogens is 1. The van der Waals surface area contributed by atoms with E-state index in [1.165, 1.54) is 11.8 Å². The molecular weight excluding hydrogens is 484 g/mol. The first-order chi connectivity index (χ1) is 14.4. The average Bonchev–Trinajstić information content (AvgIpc) is 2.74. The first kappa shape index (κ1) is 22.5. The summed E-state index contributed by atoms with van der Waals surface area (Å²) in [6, 6.07) is 19.6. The molecule has 8 heteroatoms. The van der Waals surface area contributed by atoms with Crippen molar-refractivity contribution in [2.45, 2.75) is 16.5 Å². The highest BCUT2D eigenvalue weighted by molar-refractivity contribution is 9.10. The van der Waals surface area contributed by atoms with Crippen LogP contribution in [-0.4, -0.2) is 42.8 Å². The SMILES string of the molecule is CN(Cc1cccc(Br)c1)C(=O)c1cccnc1SCCS(=O)(=O)c1ccccc1. The monoisotopic (exact) mass is 504 g/mol. The smallest absolute Gasteiger partial charge is 0.256 e. The summed E-state index contributed by atoms with van der Waals surface area (Å²) in [6.07, 6.45) is 1.61. The van der Waals surface area contributed by atoms with Gasteiger partial charge in [0.15, 0.2) is 9.84 Å². The van der Waals surface area contributed by atoms with Gasteiger partial charge in [-0.1, -0.05) is 46.3 Å². The minimum atomic E-state index is -3.37. The standard InChI is InChI=1S/C22H21BrN2O3S2/c1-25(16-17-7-5-8-18(23)15-17)22(26)20-11-6-12-24-21(20)29-13-14-30(27,28)19-9-3-2-4-10-19/h2-12,15H,13-14,16H2,1H3. The van der Waals surface area contributed by atoms with Crippen LogP contribution in [0.2, 0.25) is 0 Å². The highest BCUT2D eigenvalue weighted by Crippen LogP contribution is 2.23. The number of hydrogen-bond acceptors (Lipinski definition) is 5. The van der Waals surface area contributed by atoms with Crippen molar-refractivity contribution in [2.75, 3.05) is 18.6 Å². The molecule has 1 heterocycles. The second-order valence-corrected chi connectivity index (χ2v) is 10.7. The summed E-state index contributed by atoms with van der Waals surface area (Å²) in [4.78, 5) is 19.2. The Morgan fingerprint density at radius 3 is 2.57 bits per heavy atom. The topological polar surface area (TPSA) is 67.3 Å². The Kier molecular flexibility index (Phi) is 7.69. The lowest BCUT2D eigenvalue weighted by Crippen LogP contribution is -2.27. The normalized spacial score (nSPS) is 11.3. The maximum atomic E-state index is 13.0. The van der Waals surface area contributed by atoms with Gasteiger partial charge in [0.25, 0.3) is 5.91 Å². The fraction of sp³-hybridized carbons (Fsp3) is 0.182. The molecule has 0 atom stereocenters. The van der Waals surface area contributed by atoms with Crippen molar-refractivity contribution in [1.82, 2.24) is 9.88 Å². The zero-order valence-corrected chi connectivity index (χ0v) is 19.6. The van der Waals surface area contributed by atoms with Crippen LogP contribution in [0.25, 0.3) is 0 Å². The molecule has 1 amide bonds. The molecule has 0 spiro atoms. The first-order valence-corrected chi connectivity index (χ1v) is 12.7. The molecule has 0 aliphatic rings. The molecule has 0 bridgehead atoms. The van der Waals surface area contributed by atoms with Crippen molar-refractivity contribution in [3.8, 4) is 0 Å². The molecule has 5 nitrogen and oxygen atoms in total. The average molecular weight is 505 g/mol. The Morgan fingerprint density at radius 2 is 1.83 bits per heavy atom. The third-order valence-electron chi connectivity index (χ3n) is 4.35. The number of hydrogen-bond donors (Lipinski definition) is 0. The number of rotatable bonds is 8. The molecule has 0 saturated heterocycles. The molecule has 1 aromatic heterocycles. The fourth-order valence-electron chi connectivity index (χ4n) is 2.85. The molecule has 2 aromatic carbocycles. The van der Waals surface area contributed by atoms with Crippen molar-refractivity contribution in [3.63, 3.8) is 0 Å². The largest absolute Gasteiger partial charge is 0.337 e. The Balaban J connectivity index is 1.67. The molecular formula is C22H21BrN2O3S2. The zero-order chi connectivity index (χ0) is 21.6. The van der Waals surface area contributed by atoms with Gasteiger partial charge in [0.2, 0.25) is 0 Å². The second kappa shape index (κ2) is 10.2. The van der Waals surface area contributed by atoms with Crippen LogP contribution < -0.4 is 0 Å². The van der Waals surface area contributed by atoms with Gasteiger partial charge in [-0.05, 0) is 42.0 Å². The zero-order valence-electron chi connectivity index (χ0n) is 16.4. The molecule has 0 fully saturated rings. The van der Waals surface area contributed by atoms with Crippen molar-refractivity contribution in [2.24, 2.45) is 0 Å². The predicted molar refractivity (Wildman–Crippen MR) is 123 cm³/mol. The summed E-state index contributed by atoms with van der Waals surface area (Å²) in [5.41, 5.74) is 1.48. The van der Waals surface area contributed by atoms with Gasteiger partial charge in [0.1, 0.15) is 5.03 Å². The molecule has 0 radical (unpaired) electrons. The summed E-state index contributed by atoms with van der Waals surface area (Å²) in [7, 11) is -1.63. The van der Waals surface area contributed by atoms with E-state index < -0.39 is 9.84 Å². The number of amides is 1. The second-order valence-electron chi connectivity index (χ2n) is 6.63. The van der Waals surface area contributed by atoms with E-state index in [1.807, 2.05) is 24.3 Å². The molecule has 0 N–H and O–H groups in total. The molecule has 0 saturated carbocycles. The number of sulfone groups is 1. The van der Waals surface area contributed by atoms with Crippen LogP contribution in [0.1, 0.15) is 15.9 Å². The van der Waals surface area contributed by atoms with E-state index in [-0.39, 0.29) is 11.7 Å². The van der Waals surface area contributed by atoms with Gasteiger partial charge in [-0.2, -0.15) is 0 Å². The van der Waals surface area contributed by atoms with Gasteiger partial charge in [-0.25, -0.2) is 13.4 Å². The van der Waals surface area contributed by atoms with Crippen molar-refractivity contribution < 1.29 is 13.2 Å². The lowest BCUT2D eigenvalue weighted by molar-refractivity contribution is 0.0781. The lowest BCUT2D eigenvalue weighted by atomic mass is 10.2. The summed E-state index contributed by atoms with van der Waals surface area (Å²) in [6.45, 7) is 0.458. The summed E-state index contributed by atoms with van der Waals surface area (Å²) < 4.78 is 25.9. The molecule has 3 rings (SSSR count). The van der Waals surface area contributed by atoms with Gasteiger partial charge in [-0.3, -0.25) is 4.79 Å². The van der Waals surface area contributed by atoms with Crippen LogP contribution in [0.5, 0.6) is 0 Å². The van der Waals surface area contributed by atoms with Crippen molar-refractivity contribution >= 4 is 43.4 Å². The maximum absolute atomic E-state index is 13.0. The van der Waals surface area contributed by atoms with E-state index >= 15 is 0 Å². The van der Waals surface area contributed by atoms with Crippen LogP contribution in [-0.2, 0) is 16.4 Å². The van der Waals surface area contributed by atoms with Crippen LogP contribution in [0.3, 0.4) is 0 Å². The van der Waals surface area contributed by atoms with Gasteiger partial charge in [0.05, 0.1) is 16.2 Å². The van der Waals surface area contributed by atoms with Gasteiger partial charge in [-0.15, -0.1) is 11.8 Å². The minimum absolute atomic E-state index is 0.0280. The van der Waals surface area contributed by atoms with Crippen molar-refractivity contribution in [1.29, 1.82) is 0 Å². The molecule has 0 aliphatic heterocycles. The quantitative estimate of drug-likeness (QED) is 0.416. The Labute approximate surface area is 189 Å².